The van der Waals surface area contributed by atoms with Crippen molar-refractivity contribution in [3.05, 3.63) is 45.7 Å². The first kappa shape index (κ1) is 17.3. The smallest absolute Gasteiger partial charge is 0.262 e. The molecule has 4 rings (SSSR count). The molecule has 0 unspecified atom stereocenters. The minimum absolute atomic E-state index is 0.144. The number of nitrogens with zero attached hydrogens (tertiary/aromatic N) is 1. The second kappa shape index (κ2) is 6.23. The van der Waals surface area contributed by atoms with Crippen LogP contribution in [0.2, 0.25) is 0 Å². The van der Waals surface area contributed by atoms with Crippen molar-refractivity contribution in [3.63, 3.8) is 0 Å². The lowest BCUT2D eigenvalue weighted by Gasteiger charge is -2.26. The van der Waals surface area contributed by atoms with Crippen molar-refractivity contribution in [1.29, 1.82) is 0 Å². The number of hydrogen-bond acceptors (Lipinski definition) is 5. The zero-order valence-corrected chi connectivity index (χ0v) is 15.5. The van der Waals surface area contributed by atoms with Gasteiger partial charge in [-0.3, -0.25) is 4.79 Å². The van der Waals surface area contributed by atoms with Crippen molar-refractivity contribution in [2.75, 3.05) is 14.2 Å². The Morgan fingerprint density at radius 1 is 1.11 bits per heavy atom. The maximum absolute atomic E-state index is 13.4. The minimum atomic E-state index is -0.191. The highest BCUT2D eigenvalue weighted by Gasteiger charge is 2.26. The van der Waals surface area contributed by atoms with Crippen molar-refractivity contribution >= 4 is 10.8 Å². The molecule has 6 heteroatoms. The van der Waals surface area contributed by atoms with Gasteiger partial charge in [-0.15, -0.1) is 0 Å². The number of phenolic OH excluding ortho intramolecular Hbond substituents is 2. The first-order chi connectivity index (χ1) is 13.0. The van der Waals surface area contributed by atoms with Gasteiger partial charge in [0.1, 0.15) is 0 Å². The molecule has 0 spiro atoms. The summed E-state index contributed by atoms with van der Waals surface area (Å²) >= 11 is 0. The number of ether oxygens (including phenoxy) is 2. The molecule has 2 aromatic carbocycles. The van der Waals surface area contributed by atoms with Crippen molar-refractivity contribution in [3.8, 4) is 34.3 Å². The maximum Gasteiger partial charge on any atom is 0.262 e. The van der Waals surface area contributed by atoms with Crippen LogP contribution < -0.4 is 15.0 Å². The molecule has 0 atom stereocenters. The molecule has 1 aliphatic rings. The van der Waals surface area contributed by atoms with Crippen molar-refractivity contribution in [1.82, 2.24) is 4.57 Å². The zero-order chi connectivity index (χ0) is 19.3. The Bertz CT molecular complexity index is 1130. The van der Waals surface area contributed by atoms with Gasteiger partial charge in [0.05, 0.1) is 25.3 Å². The summed E-state index contributed by atoms with van der Waals surface area (Å²) in [5, 5.41) is 21.2. The van der Waals surface area contributed by atoms with Gasteiger partial charge in [0, 0.05) is 12.1 Å². The van der Waals surface area contributed by atoms with E-state index in [0.717, 1.165) is 27.8 Å². The highest BCUT2D eigenvalue weighted by Crippen LogP contribution is 2.42. The van der Waals surface area contributed by atoms with Crippen LogP contribution in [0.25, 0.3) is 22.0 Å². The maximum atomic E-state index is 13.4. The summed E-state index contributed by atoms with van der Waals surface area (Å²) in [4.78, 5) is 13.4. The van der Waals surface area contributed by atoms with Gasteiger partial charge >= 0.3 is 0 Å². The molecule has 1 aromatic heterocycles. The Kier molecular flexibility index (Phi) is 3.98. The normalized spacial score (nSPS) is 12.6. The molecule has 6 nitrogen and oxygen atoms in total. The molecule has 2 N–H and O–H groups in total. The van der Waals surface area contributed by atoms with Crippen molar-refractivity contribution in [2.24, 2.45) is 0 Å². The van der Waals surface area contributed by atoms with E-state index in [-0.39, 0.29) is 17.1 Å². The van der Waals surface area contributed by atoms with Gasteiger partial charge in [0.15, 0.2) is 23.0 Å². The van der Waals surface area contributed by atoms with Crippen molar-refractivity contribution in [2.45, 2.75) is 26.3 Å². The Labute approximate surface area is 156 Å². The molecule has 0 saturated heterocycles. The Balaban J connectivity index is 2.18. The van der Waals surface area contributed by atoms with E-state index in [1.54, 1.807) is 29.9 Å². The van der Waals surface area contributed by atoms with E-state index in [0.29, 0.717) is 36.3 Å². The van der Waals surface area contributed by atoms with Gasteiger partial charge in [0.25, 0.3) is 5.56 Å². The first-order valence-electron chi connectivity index (χ1n) is 8.87. The van der Waals surface area contributed by atoms with Gasteiger partial charge in [0.2, 0.25) is 0 Å². The van der Waals surface area contributed by atoms with Gasteiger partial charge in [-0.25, -0.2) is 0 Å². The third-order valence-corrected chi connectivity index (χ3v) is 5.30. The number of rotatable bonds is 3. The van der Waals surface area contributed by atoms with Crippen LogP contribution in [-0.2, 0) is 19.4 Å². The van der Waals surface area contributed by atoms with Crippen LogP contribution in [0.3, 0.4) is 0 Å². The van der Waals surface area contributed by atoms with Crippen molar-refractivity contribution < 1.29 is 19.7 Å². The molecule has 140 valence electrons. The van der Waals surface area contributed by atoms with Crippen LogP contribution in [-0.4, -0.2) is 29.0 Å². The van der Waals surface area contributed by atoms with Crippen LogP contribution in [0, 0.1) is 0 Å². The third-order valence-electron chi connectivity index (χ3n) is 5.30. The van der Waals surface area contributed by atoms with Crippen LogP contribution >= 0.6 is 0 Å². The van der Waals surface area contributed by atoms with Crippen LogP contribution in [0.5, 0.6) is 23.0 Å². The van der Waals surface area contributed by atoms with E-state index >= 15 is 0 Å². The Morgan fingerprint density at radius 3 is 2.52 bits per heavy atom. The molecule has 2 heterocycles. The fourth-order valence-corrected chi connectivity index (χ4v) is 4.08. The largest absolute Gasteiger partial charge is 0.504 e. The second-order valence-corrected chi connectivity index (χ2v) is 6.61. The molecule has 0 saturated carbocycles. The summed E-state index contributed by atoms with van der Waals surface area (Å²) in [5.74, 6) is 0.617. The SMILES string of the molecule is CCc1c2n(c(=O)c3c(OC)c(OC)ccc13)CCc1cc(O)c(O)cc1-2. The first-order valence-corrected chi connectivity index (χ1v) is 8.87. The summed E-state index contributed by atoms with van der Waals surface area (Å²) in [5.41, 5.74) is 3.34. The fraction of sp³-hybridized carbons (Fsp3) is 0.286. The van der Waals surface area contributed by atoms with Crippen LogP contribution in [0.1, 0.15) is 18.1 Å². The summed E-state index contributed by atoms with van der Waals surface area (Å²) in [6, 6.07) is 6.80. The molecule has 0 fully saturated rings. The average molecular weight is 367 g/mol. The number of hydrogen-bond donors (Lipinski definition) is 2. The molecular formula is C21H21NO5. The van der Waals surface area contributed by atoms with E-state index in [4.69, 9.17) is 9.47 Å². The number of fused-ring (bicyclic) bond motifs is 4. The predicted octanol–water partition coefficient (Wildman–Crippen LogP) is 3.22. The molecule has 3 aromatic rings. The second-order valence-electron chi connectivity index (χ2n) is 6.61. The number of phenols is 2. The molecule has 0 amide bonds. The lowest BCUT2D eigenvalue weighted by atomic mass is 9.90. The highest BCUT2D eigenvalue weighted by molar-refractivity contribution is 5.96. The van der Waals surface area contributed by atoms with E-state index < -0.39 is 0 Å². The average Bonchev–Trinajstić information content (AvgIpc) is 2.68. The Hall–Kier alpha value is -3.15. The van der Waals surface area contributed by atoms with E-state index in [9.17, 15) is 15.0 Å². The molecular weight excluding hydrogens is 346 g/mol. The molecule has 27 heavy (non-hydrogen) atoms. The zero-order valence-electron chi connectivity index (χ0n) is 15.5. The van der Waals surface area contributed by atoms with E-state index in [2.05, 4.69) is 0 Å². The summed E-state index contributed by atoms with van der Waals surface area (Å²) < 4.78 is 12.6. The quantitative estimate of drug-likeness (QED) is 0.695. The number of pyridine rings is 1. The van der Waals surface area contributed by atoms with Gasteiger partial charge in [-0.05, 0) is 53.6 Å². The van der Waals surface area contributed by atoms with Gasteiger partial charge in [-0.1, -0.05) is 6.92 Å². The van der Waals surface area contributed by atoms with Gasteiger partial charge in [-0.2, -0.15) is 0 Å². The number of methoxy groups -OCH3 is 2. The van der Waals surface area contributed by atoms with E-state index in [1.165, 1.54) is 7.11 Å². The van der Waals surface area contributed by atoms with Crippen LogP contribution in [0.4, 0.5) is 0 Å². The van der Waals surface area contributed by atoms with E-state index in [1.807, 2.05) is 13.0 Å². The monoisotopic (exact) mass is 367 g/mol. The lowest BCUT2D eigenvalue weighted by Crippen LogP contribution is -2.28. The minimum Gasteiger partial charge on any atom is -0.504 e. The lowest BCUT2D eigenvalue weighted by molar-refractivity contribution is 0.358. The topological polar surface area (TPSA) is 80.9 Å². The summed E-state index contributed by atoms with van der Waals surface area (Å²) in [6.45, 7) is 2.53. The fourth-order valence-electron chi connectivity index (χ4n) is 4.08. The molecule has 0 bridgehead atoms. The standard InChI is InChI=1S/C21H21NO5/c1-4-12-13-5-6-17(26-2)20(27-3)18(13)21(25)22-8-7-11-9-15(23)16(24)10-14(11)19(12)22/h5-6,9-10,23-24H,4,7-8H2,1-3H3. The molecule has 0 aliphatic carbocycles. The third kappa shape index (κ3) is 2.36. The molecule has 0 radical (unpaired) electrons. The van der Waals surface area contributed by atoms with Gasteiger partial charge < -0.3 is 24.3 Å². The van der Waals surface area contributed by atoms with Crippen LogP contribution in [0.15, 0.2) is 29.1 Å². The molecule has 1 aliphatic heterocycles. The predicted molar refractivity (Wildman–Crippen MR) is 103 cm³/mol. The number of aromatic nitrogens is 1. The number of aromatic hydroxyl groups is 2. The summed E-state index contributed by atoms with van der Waals surface area (Å²) in [6.07, 6.45) is 1.29. The highest BCUT2D eigenvalue weighted by atomic mass is 16.5. The Morgan fingerprint density at radius 2 is 1.85 bits per heavy atom. The summed E-state index contributed by atoms with van der Waals surface area (Å²) in [7, 11) is 3.08. The number of benzene rings is 2. The number of aryl methyl sites for hydroxylation is 2.